The van der Waals surface area contributed by atoms with Crippen LogP contribution in [0.25, 0.3) is 0 Å². The Bertz CT molecular complexity index is 613. The zero-order valence-corrected chi connectivity index (χ0v) is 21.9. The maximum atomic E-state index is 13.5. The molecule has 0 aromatic heterocycles. The largest absolute Gasteiger partial charge is 0.432 e. The first kappa shape index (κ1) is 24.7. The molecular formula is C27H50N2O2Si. The molecule has 4 aliphatic rings. The molecular weight excluding hydrogens is 412 g/mol. The van der Waals surface area contributed by atoms with E-state index in [1.807, 2.05) is 0 Å². The van der Waals surface area contributed by atoms with Gasteiger partial charge in [0.1, 0.15) is 0 Å². The molecule has 3 N–H and O–H groups in total. The molecule has 1 heterocycles. The van der Waals surface area contributed by atoms with Crippen LogP contribution in [0.2, 0.25) is 18.6 Å². The van der Waals surface area contributed by atoms with E-state index in [2.05, 4.69) is 18.0 Å². The normalized spacial score (nSPS) is 37.9. The first-order chi connectivity index (χ1) is 15.4. The number of carbonyl (C=O) groups excluding carboxylic acids is 1. The first-order valence-corrected chi connectivity index (χ1v) is 17.1. The van der Waals surface area contributed by atoms with Crippen LogP contribution in [0.5, 0.6) is 0 Å². The molecule has 1 saturated heterocycles. The van der Waals surface area contributed by atoms with E-state index in [1.165, 1.54) is 77.0 Å². The molecule has 3 saturated carbocycles. The summed E-state index contributed by atoms with van der Waals surface area (Å²) in [6, 6.07) is 0. The molecule has 6 atom stereocenters. The average molecular weight is 463 g/mol. The maximum absolute atomic E-state index is 13.5. The highest BCUT2D eigenvalue weighted by Crippen LogP contribution is 2.49. The molecule has 32 heavy (non-hydrogen) atoms. The summed E-state index contributed by atoms with van der Waals surface area (Å²) in [5, 5.41) is 0. The zero-order valence-electron chi connectivity index (χ0n) is 20.9. The summed E-state index contributed by atoms with van der Waals surface area (Å²) >= 11 is 0. The van der Waals surface area contributed by atoms with Crippen LogP contribution in [0.1, 0.15) is 89.9 Å². The van der Waals surface area contributed by atoms with Crippen molar-refractivity contribution >= 4 is 14.2 Å². The number of piperidine rings is 1. The molecule has 3 aliphatic carbocycles. The number of nitrogens with zero attached hydrogens (tertiary/aromatic N) is 1. The number of likely N-dealkylation sites (tertiary alicyclic amines) is 1. The van der Waals surface area contributed by atoms with Crippen LogP contribution >= 0.6 is 0 Å². The number of nitrogens with two attached hydrogens (primary N) is 1. The van der Waals surface area contributed by atoms with Gasteiger partial charge in [0.2, 0.25) is 5.91 Å². The highest BCUT2D eigenvalue weighted by atomic mass is 28.4. The van der Waals surface area contributed by atoms with E-state index in [0.717, 1.165) is 50.2 Å². The summed E-state index contributed by atoms with van der Waals surface area (Å²) in [6.07, 6.45) is 17.6. The molecule has 0 radical (unpaired) electrons. The van der Waals surface area contributed by atoms with E-state index in [1.54, 1.807) is 0 Å². The van der Waals surface area contributed by atoms with E-state index in [0.29, 0.717) is 23.3 Å². The Balaban J connectivity index is 1.30. The fourth-order valence-electron chi connectivity index (χ4n) is 8.27. The molecule has 0 spiro atoms. The van der Waals surface area contributed by atoms with Crippen molar-refractivity contribution in [2.24, 2.45) is 41.2 Å². The minimum absolute atomic E-state index is 0.243. The van der Waals surface area contributed by atoms with Crippen molar-refractivity contribution in [1.82, 2.24) is 4.90 Å². The van der Waals surface area contributed by atoms with Crippen molar-refractivity contribution in [2.45, 2.75) is 109 Å². The predicted molar refractivity (Wildman–Crippen MR) is 135 cm³/mol. The van der Waals surface area contributed by atoms with Gasteiger partial charge in [0.15, 0.2) is 8.32 Å². The molecule has 4 rings (SSSR count). The number of rotatable bonds is 5. The van der Waals surface area contributed by atoms with Crippen LogP contribution in [-0.4, -0.2) is 43.6 Å². The highest BCUT2D eigenvalue weighted by Gasteiger charge is 2.44. The second-order valence-corrected chi connectivity index (χ2v) is 16.6. The second-order valence-electron chi connectivity index (χ2n) is 12.5. The SMILES string of the molecule is C[Si](C)(O)C1CCCCC1C1CCCC(C(=O)N2CCC(C3CCCC(CN)C3)CC2)C1. The Morgan fingerprint density at radius 2 is 1.53 bits per heavy atom. The maximum Gasteiger partial charge on any atom is 0.225 e. The van der Waals surface area contributed by atoms with Crippen molar-refractivity contribution in [3.8, 4) is 0 Å². The van der Waals surface area contributed by atoms with Gasteiger partial charge in [0.05, 0.1) is 0 Å². The van der Waals surface area contributed by atoms with Gasteiger partial charge in [-0.1, -0.05) is 51.4 Å². The first-order valence-electron chi connectivity index (χ1n) is 14.1. The topological polar surface area (TPSA) is 66.6 Å². The van der Waals surface area contributed by atoms with Crippen molar-refractivity contribution in [3.05, 3.63) is 0 Å². The minimum atomic E-state index is -2.12. The summed E-state index contributed by atoms with van der Waals surface area (Å²) in [6.45, 7) is 7.12. The molecule has 0 aromatic rings. The lowest BCUT2D eigenvalue weighted by Crippen LogP contribution is -2.46. The minimum Gasteiger partial charge on any atom is -0.432 e. The molecule has 184 valence electrons. The van der Waals surface area contributed by atoms with Gasteiger partial charge in [-0.05, 0) is 93.3 Å². The van der Waals surface area contributed by atoms with Crippen LogP contribution in [-0.2, 0) is 4.79 Å². The van der Waals surface area contributed by atoms with Crippen molar-refractivity contribution in [1.29, 1.82) is 0 Å². The summed E-state index contributed by atoms with van der Waals surface area (Å²) in [5.41, 5.74) is 6.51. The number of carbonyl (C=O) groups is 1. The van der Waals surface area contributed by atoms with Gasteiger partial charge < -0.3 is 15.4 Å². The second kappa shape index (κ2) is 10.9. The van der Waals surface area contributed by atoms with E-state index in [4.69, 9.17) is 5.73 Å². The Labute approximate surface area is 198 Å². The van der Waals surface area contributed by atoms with E-state index in [9.17, 15) is 9.59 Å². The molecule has 4 nitrogen and oxygen atoms in total. The highest BCUT2D eigenvalue weighted by molar-refractivity contribution is 6.71. The molecule has 1 aliphatic heterocycles. The van der Waals surface area contributed by atoms with E-state index in [-0.39, 0.29) is 5.92 Å². The molecule has 1 amide bonds. The van der Waals surface area contributed by atoms with E-state index >= 15 is 0 Å². The smallest absolute Gasteiger partial charge is 0.225 e. The third-order valence-corrected chi connectivity index (χ3v) is 12.6. The number of amides is 1. The van der Waals surface area contributed by atoms with Gasteiger partial charge in [-0.2, -0.15) is 0 Å². The Kier molecular flexibility index (Phi) is 8.42. The van der Waals surface area contributed by atoms with Crippen LogP contribution < -0.4 is 5.73 Å². The Morgan fingerprint density at radius 3 is 2.25 bits per heavy atom. The average Bonchev–Trinajstić information content (AvgIpc) is 2.83. The predicted octanol–water partition coefficient (Wildman–Crippen LogP) is 5.55. The van der Waals surface area contributed by atoms with Crippen LogP contribution in [0.15, 0.2) is 0 Å². The lowest BCUT2D eigenvalue weighted by molar-refractivity contribution is -0.139. The third kappa shape index (κ3) is 5.80. The Morgan fingerprint density at radius 1 is 0.844 bits per heavy atom. The van der Waals surface area contributed by atoms with Crippen LogP contribution in [0, 0.1) is 35.5 Å². The van der Waals surface area contributed by atoms with Crippen molar-refractivity contribution in [3.63, 3.8) is 0 Å². The summed E-state index contributed by atoms with van der Waals surface area (Å²) in [5.74, 6) is 4.43. The van der Waals surface area contributed by atoms with Gasteiger partial charge in [-0.3, -0.25) is 4.79 Å². The van der Waals surface area contributed by atoms with Gasteiger partial charge in [-0.15, -0.1) is 0 Å². The standard InChI is InChI=1S/C27H50N2O2Si/c1-32(2,31)26-12-4-3-11-25(26)23-9-6-10-24(18-23)27(30)29-15-13-21(14-16-29)22-8-5-7-20(17-22)19-28/h20-26,31H,3-19,28H2,1-2H3. The summed E-state index contributed by atoms with van der Waals surface area (Å²) < 4.78 is 0. The Hall–Kier alpha value is -0.393. The van der Waals surface area contributed by atoms with Gasteiger partial charge in [-0.25, -0.2) is 0 Å². The van der Waals surface area contributed by atoms with Gasteiger partial charge >= 0.3 is 0 Å². The third-order valence-electron chi connectivity index (χ3n) is 10.1. The molecule has 6 unspecified atom stereocenters. The molecule has 0 bridgehead atoms. The molecule has 5 heteroatoms. The van der Waals surface area contributed by atoms with Crippen LogP contribution in [0.4, 0.5) is 0 Å². The monoisotopic (exact) mass is 462 g/mol. The lowest BCUT2D eigenvalue weighted by atomic mass is 9.69. The molecule has 4 fully saturated rings. The fourth-order valence-corrected chi connectivity index (χ4v) is 10.7. The fraction of sp³-hybridized carbons (Fsp3) is 0.963. The number of hydrogen-bond acceptors (Lipinski definition) is 3. The molecule has 0 aromatic carbocycles. The lowest BCUT2D eigenvalue weighted by Gasteiger charge is -2.45. The van der Waals surface area contributed by atoms with Gasteiger partial charge in [0.25, 0.3) is 0 Å². The van der Waals surface area contributed by atoms with Crippen molar-refractivity contribution < 1.29 is 9.59 Å². The van der Waals surface area contributed by atoms with E-state index < -0.39 is 8.32 Å². The quantitative estimate of drug-likeness (QED) is 0.526. The van der Waals surface area contributed by atoms with Gasteiger partial charge in [0, 0.05) is 19.0 Å². The van der Waals surface area contributed by atoms with Crippen molar-refractivity contribution in [2.75, 3.05) is 19.6 Å². The zero-order chi connectivity index (χ0) is 22.7. The van der Waals surface area contributed by atoms with Crippen LogP contribution in [0.3, 0.4) is 0 Å². The summed E-state index contributed by atoms with van der Waals surface area (Å²) in [4.78, 5) is 26.7. The number of hydrogen-bond donors (Lipinski definition) is 2. The summed E-state index contributed by atoms with van der Waals surface area (Å²) in [7, 11) is -2.12.